The minimum absolute atomic E-state index is 0.617. The fourth-order valence-corrected chi connectivity index (χ4v) is 7.69. The zero-order chi connectivity index (χ0) is 36.3. The third-order valence-electron chi connectivity index (χ3n) is 10.5. The van der Waals surface area contributed by atoms with Gasteiger partial charge in [-0.3, -0.25) is 0 Å². The second kappa shape index (κ2) is 12.6. The molecule has 0 fully saturated rings. The van der Waals surface area contributed by atoms with Gasteiger partial charge in [-0.1, -0.05) is 152 Å². The summed E-state index contributed by atoms with van der Waals surface area (Å²) < 4.78 is 6.55. The van der Waals surface area contributed by atoms with Gasteiger partial charge >= 0.3 is 0 Å². The first-order valence-electron chi connectivity index (χ1n) is 18.4. The maximum Gasteiger partial charge on any atom is 0.227 e. The molecule has 0 N–H and O–H groups in total. The molecule has 9 aromatic carbocycles. The van der Waals surface area contributed by atoms with E-state index in [0.717, 1.165) is 76.8 Å². The Morgan fingerprint density at radius 2 is 0.782 bits per heavy atom. The Hall–Kier alpha value is -7.50. The lowest BCUT2D eigenvalue weighted by molar-refractivity contribution is 0.623. The number of oxazole rings is 1. The van der Waals surface area contributed by atoms with Crippen molar-refractivity contribution < 1.29 is 4.42 Å². The lowest BCUT2D eigenvalue weighted by Gasteiger charge is -2.11. The van der Waals surface area contributed by atoms with Crippen LogP contribution in [0.5, 0.6) is 0 Å². The van der Waals surface area contributed by atoms with Gasteiger partial charge in [0.2, 0.25) is 5.89 Å². The van der Waals surface area contributed by atoms with Crippen molar-refractivity contribution in [3.8, 4) is 56.7 Å². The monoisotopic (exact) mass is 702 g/mol. The van der Waals surface area contributed by atoms with Crippen LogP contribution in [0.15, 0.2) is 186 Å². The first-order valence-corrected chi connectivity index (χ1v) is 18.4. The molecule has 11 rings (SSSR count). The van der Waals surface area contributed by atoms with Crippen molar-refractivity contribution in [2.45, 2.75) is 0 Å². The van der Waals surface area contributed by atoms with E-state index in [2.05, 4.69) is 152 Å². The van der Waals surface area contributed by atoms with E-state index in [0.29, 0.717) is 23.4 Å². The lowest BCUT2D eigenvalue weighted by atomic mass is 9.96. The zero-order valence-corrected chi connectivity index (χ0v) is 29.5. The van der Waals surface area contributed by atoms with Crippen molar-refractivity contribution >= 4 is 54.2 Å². The quantitative estimate of drug-likeness (QED) is 0.167. The number of rotatable bonds is 5. The third kappa shape index (κ3) is 5.41. The summed E-state index contributed by atoms with van der Waals surface area (Å²) in [5.74, 6) is 2.51. The Morgan fingerprint density at radius 1 is 0.291 bits per heavy atom. The van der Waals surface area contributed by atoms with Crippen LogP contribution in [-0.2, 0) is 0 Å². The highest BCUT2D eigenvalue weighted by molar-refractivity contribution is 6.23. The Morgan fingerprint density at radius 3 is 1.44 bits per heavy atom. The summed E-state index contributed by atoms with van der Waals surface area (Å²) in [6.07, 6.45) is 0. The van der Waals surface area contributed by atoms with Gasteiger partial charge in [-0.05, 0) is 73.8 Å². The summed E-state index contributed by atoms with van der Waals surface area (Å²) in [4.78, 5) is 20.2. The Bertz CT molecular complexity index is 3160. The van der Waals surface area contributed by atoms with E-state index in [4.69, 9.17) is 24.4 Å². The van der Waals surface area contributed by atoms with Gasteiger partial charge in [0.15, 0.2) is 23.1 Å². The number of benzene rings is 9. The van der Waals surface area contributed by atoms with Crippen LogP contribution >= 0.6 is 0 Å². The molecule has 0 amide bonds. The maximum absolute atomic E-state index is 6.55. The van der Waals surface area contributed by atoms with Gasteiger partial charge in [-0.15, -0.1) is 0 Å². The standard InChI is InChI=1S/C50H30N4O/c1-2-12-35(13-3-1)50-51-45-43-17-9-8-16-41(43)42-27-26-38(30-44(42)46(45)55-50)33-18-22-34(23-19-33)47-52-48(39-24-20-31-10-4-6-14-36(31)28-39)54-49(53-47)40-25-21-32-11-5-7-15-37(32)29-40/h1-30H. The lowest BCUT2D eigenvalue weighted by Crippen LogP contribution is -2.00. The molecule has 0 radical (unpaired) electrons. The highest BCUT2D eigenvalue weighted by Gasteiger charge is 2.18. The molecule has 0 aliphatic rings. The smallest absolute Gasteiger partial charge is 0.227 e. The second-order valence-corrected chi connectivity index (χ2v) is 13.9. The highest BCUT2D eigenvalue weighted by Crippen LogP contribution is 2.39. The molecule has 0 atom stereocenters. The predicted molar refractivity (Wildman–Crippen MR) is 225 cm³/mol. The van der Waals surface area contributed by atoms with E-state index < -0.39 is 0 Å². The fraction of sp³-hybridized carbons (Fsp3) is 0. The number of hydrogen-bond donors (Lipinski definition) is 0. The first-order chi connectivity index (χ1) is 27.2. The Balaban J connectivity index is 1.03. The van der Waals surface area contributed by atoms with Crippen LogP contribution in [0, 0.1) is 0 Å². The summed E-state index contributed by atoms with van der Waals surface area (Å²) >= 11 is 0. The number of aromatic nitrogens is 4. The van der Waals surface area contributed by atoms with Crippen LogP contribution < -0.4 is 0 Å². The zero-order valence-electron chi connectivity index (χ0n) is 29.5. The highest BCUT2D eigenvalue weighted by atomic mass is 16.3. The summed E-state index contributed by atoms with van der Waals surface area (Å²) in [6, 6.07) is 63.0. The molecule has 2 heterocycles. The molecule has 2 aromatic heterocycles. The predicted octanol–water partition coefficient (Wildman–Crippen LogP) is 13.0. The average Bonchev–Trinajstić information content (AvgIpc) is 3.73. The average molecular weight is 703 g/mol. The van der Waals surface area contributed by atoms with Gasteiger partial charge in [0.1, 0.15) is 5.52 Å². The topological polar surface area (TPSA) is 64.7 Å². The minimum atomic E-state index is 0.617. The Kier molecular flexibility index (Phi) is 7.10. The van der Waals surface area contributed by atoms with Crippen molar-refractivity contribution in [1.82, 2.24) is 19.9 Å². The van der Waals surface area contributed by atoms with Crippen LogP contribution in [0.3, 0.4) is 0 Å². The van der Waals surface area contributed by atoms with Gasteiger partial charge in [0.05, 0.1) is 0 Å². The fourth-order valence-electron chi connectivity index (χ4n) is 7.69. The van der Waals surface area contributed by atoms with Crippen molar-refractivity contribution in [2.24, 2.45) is 0 Å². The molecular formula is C50H30N4O. The molecule has 0 unspecified atom stereocenters. The Labute approximate surface area is 316 Å². The van der Waals surface area contributed by atoms with E-state index in [-0.39, 0.29) is 0 Å². The van der Waals surface area contributed by atoms with Crippen LogP contribution in [0.1, 0.15) is 0 Å². The molecule has 0 bridgehead atoms. The third-order valence-corrected chi connectivity index (χ3v) is 10.5. The summed E-state index contributed by atoms with van der Waals surface area (Å²) in [5.41, 5.74) is 7.57. The van der Waals surface area contributed by atoms with Crippen LogP contribution in [-0.4, -0.2) is 19.9 Å². The number of fused-ring (bicyclic) bond motifs is 8. The molecule has 0 aliphatic carbocycles. The molecule has 0 aliphatic heterocycles. The molecule has 55 heavy (non-hydrogen) atoms. The van der Waals surface area contributed by atoms with E-state index in [1.807, 2.05) is 30.3 Å². The molecule has 5 heteroatoms. The molecule has 0 saturated carbocycles. The van der Waals surface area contributed by atoms with E-state index >= 15 is 0 Å². The van der Waals surface area contributed by atoms with Gasteiger partial charge in [-0.2, -0.15) is 0 Å². The molecule has 0 saturated heterocycles. The van der Waals surface area contributed by atoms with Crippen molar-refractivity contribution in [3.63, 3.8) is 0 Å². The van der Waals surface area contributed by atoms with Crippen molar-refractivity contribution in [2.75, 3.05) is 0 Å². The SMILES string of the molecule is c1ccc(-c2nc3c4ccccc4c4ccc(-c5ccc(-c6nc(-c7ccc8ccccc8c7)nc(-c7ccc8ccccc8c7)n6)cc5)cc4c3o2)cc1. The van der Waals surface area contributed by atoms with Gasteiger partial charge < -0.3 is 4.42 Å². The van der Waals surface area contributed by atoms with E-state index in [1.54, 1.807) is 0 Å². The molecule has 0 spiro atoms. The molecule has 256 valence electrons. The summed E-state index contributed by atoms with van der Waals surface area (Å²) in [6.45, 7) is 0. The molecular weight excluding hydrogens is 673 g/mol. The minimum Gasteiger partial charge on any atom is -0.435 e. The van der Waals surface area contributed by atoms with Crippen molar-refractivity contribution in [3.05, 3.63) is 182 Å². The van der Waals surface area contributed by atoms with Crippen LogP contribution in [0.25, 0.3) is 111 Å². The van der Waals surface area contributed by atoms with Crippen LogP contribution in [0.4, 0.5) is 0 Å². The van der Waals surface area contributed by atoms with Crippen LogP contribution in [0.2, 0.25) is 0 Å². The maximum atomic E-state index is 6.55. The van der Waals surface area contributed by atoms with E-state index in [1.165, 1.54) is 10.8 Å². The van der Waals surface area contributed by atoms with E-state index in [9.17, 15) is 0 Å². The largest absolute Gasteiger partial charge is 0.435 e. The first kappa shape index (κ1) is 31.1. The molecule has 11 aromatic rings. The normalized spacial score (nSPS) is 11.6. The van der Waals surface area contributed by atoms with Gasteiger partial charge in [0.25, 0.3) is 0 Å². The summed E-state index contributed by atoms with van der Waals surface area (Å²) in [7, 11) is 0. The summed E-state index contributed by atoms with van der Waals surface area (Å²) in [5, 5.41) is 9.02. The molecule has 5 nitrogen and oxygen atoms in total. The van der Waals surface area contributed by atoms with Gasteiger partial charge in [-0.25, -0.2) is 19.9 Å². The number of hydrogen-bond acceptors (Lipinski definition) is 5. The van der Waals surface area contributed by atoms with Gasteiger partial charge in [0, 0.05) is 33.0 Å². The number of nitrogens with zero attached hydrogens (tertiary/aromatic N) is 4. The second-order valence-electron chi connectivity index (χ2n) is 13.9. The van der Waals surface area contributed by atoms with Crippen molar-refractivity contribution in [1.29, 1.82) is 0 Å².